The number of amides is 1. The number of nitrogens with two attached hydrogens (primary N) is 1. The van der Waals surface area contributed by atoms with Crippen molar-refractivity contribution in [1.29, 1.82) is 0 Å². The molecule has 4 N–H and O–H groups in total. The van der Waals surface area contributed by atoms with E-state index in [-0.39, 0.29) is 11.7 Å². The number of piperazine rings is 1. The molecule has 0 spiro atoms. The Kier molecular flexibility index (Phi) is 6.30. The van der Waals surface area contributed by atoms with Crippen LogP contribution in [0.3, 0.4) is 0 Å². The van der Waals surface area contributed by atoms with Crippen LogP contribution in [0.1, 0.15) is 48.8 Å². The Labute approximate surface area is 211 Å². The maximum absolute atomic E-state index is 12.3. The van der Waals surface area contributed by atoms with Crippen molar-refractivity contribution in [2.45, 2.75) is 57.2 Å². The van der Waals surface area contributed by atoms with Crippen molar-refractivity contribution >= 4 is 28.9 Å². The average Bonchev–Trinajstić information content (AvgIpc) is 3.74. The summed E-state index contributed by atoms with van der Waals surface area (Å²) in [6.45, 7) is 7.30. The topological polar surface area (TPSA) is 118 Å². The van der Waals surface area contributed by atoms with Gasteiger partial charge in [-0.3, -0.25) is 9.69 Å². The maximum Gasteiger partial charge on any atom is 0.271 e. The van der Waals surface area contributed by atoms with Crippen LogP contribution >= 0.6 is 0 Å². The number of hydrogen-bond acceptors (Lipinski definition) is 9. The van der Waals surface area contributed by atoms with Crippen LogP contribution in [0.4, 0.5) is 23.0 Å². The van der Waals surface area contributed by atoms with E-state index in [0.717, 1.165) is 74.5 Å². The predicted octanol–water partition coefficient (Wildman–Crippen LogP) is 2.52. The van der Waals surface area contributed by atoms with Crippen molar-refractivity contribution in [3.8, 4) is 5.75 Å². The van der Waals surface area contributed by atoms with Crippen LogP contribution in [0, 0.1) is 0 Å². The lowest BCUT2D eigenvalue weighted by Crippen LogP contribution is -2.57. The minimum absolute atomic E-state index is 0.138. The van der Waals surface area contributed by atoms with Gasteiger partial charge in [0.1, 0.15) is 12.4 Å². The molecule has 2 aromatic rings. The minimum Gasteiger partial charge on any atom is -0.489 e. The Morgan fingerprint density at radius 2 is 1.94 bits per heavy atom. The van der Waals surface area contributed by atoms with Gasteiger partial charge in [0, 0.05) is 56.7 Å². The highest BCUT2D eigenvalue weighted by Gasteiger charge is 2.38. The molecule has 10 nitrogen and oxygen atoms in total. The largest absolute Gasteiger partial charge is 0.489 e. The summed E-state index contributed by atoms with van der Waals surface area (Å²) in [6, 6.07) is 7.50. The van der Waals surface area contributed by atoms with Gasteiger partial charge in [-0.15, -0.1) is 0 Å². The lowest BCUT2D eigenvalue weighted by Gasteiger charge is -2.45. The lowest BCUT2D eigenvalue weighted by atomic mass is 10.1. The third kappa shape index (κ3) is 4.67. The number of hydrogen-bond donors (Lipinski definition) is 3. The van der Waals surface area contributed by atoms with E-state index in [0.29, 0.717) is 30.7 Å². The normalized spacial score (nSPS) is 22.4. The second-order valence-electron chi connectivity index (χ2n) is 10.2. The summed E-state index contributed by atoms with van der Waals surface area (Å²) >= 11 is 0. The molecule has 36 heavy (non-hydrogen) atoms. The van der Waals surface area contributed by atoms with Gasteiger partial charge in [0.05, 0.1) is 17.4 Å². The van der Waals surface area contributed by atoms with Gasteiger partial charge in [-0.05, 0) is 44.2 Å². The summed E-state index contributed by atoms with van der Waals surface area (Å²) in [4.78, 5) is 26.7. The molecule has 0 unspecified atom stereocenters. The van der Waals surface area contributed by atoms with E-state index in [1.807, 2.05) is 19.1 Å². The molecular weight excluding hydrogens is 458 g/mol. The Hall–Kier alpha value is -3.11. The summed E-state index contributed by atoms with van der Waals surface area (Å²) in [5.74, 6) is 1.27. The Bertz CT molecular complexity index is 1130. The Morgan fingerprint density at radius 1 is 1.11 bits per heavy atom. The number of aromatic nitrogens is 2. The van der Waals surface area contributed by atoms with Crippen molar-refractivity contribution in [2.24, 2.45) is 5.73 Å². The summed E-state index contributed by atoms with van der Waals surface area (Å²) in [5, 5.41) is 6.80. The highest BCUT2D eigenvalue weighted by Crippen LogP contribution is 2.39. The number of rotatable bonds is 7. The van der Waals surface area contributed by atoms with Gasteiger partial charge in [0.2, 0.25) is 0 Å². The van der Waals surface area contributed by atoms with Gasteiger partial charge in [-0.25, -0.2) is 9.97 Å². The van der Waals surface area contributed by atoms with Crippen molar-refractivity contribution < 1.29 is 14.3 Å². The SMILES string of the molecule is CCc1nc(C(N)=O)c(Nc2ccc3c(c2)OC[C@H]2CN(C4CC4)CCN32)nc1NC1CCOCC1. The van der Waals surface area contributed by atoms with Gasteiger partial charge in [-0.1, -0.05) is 6.92 Å². The summed E-state index contributed by atoms with van der Waals surface area (Å²) < 4.78 is 11.7. The minimum atomic E-state index is -0.608. The van der Waals surface area contributed by atoms with E-state index >= 15 is 0 Å². The number of anilines is 4. The number of ether oxygens (including phenoxy) is 2. The van der Waals surface area contributed by atoms with E-state index < -0.39 is 5.91 Å². The molecule has 2 saturated heterocycles. The van der Waals surface area contributed by atoms with Crippen LogP contribution in [0.25, 0.3) is 0 Å². The smallest absolute Gasteiger partial charge is 0.271 e. The van der Waals surface area contributed by atoms with E-state index in [4.69, 9.17) is 20.2 Å². The third-order valence-electron chi connectivity index (χ3n) is 7.64. The van der Waals surface area contributed by atoms with Gasteiger partial charge >= 0.3 is 0 Å². The van der Waals surface area contributed by atoms with Gasteiger partial charge < -0.3 is 30.7 Å². The number of aryl methyl sites for hydroxylation is 1. The second kappa shape index (κ2) is 9.74. The Morgan fingerprint density at radius 3 is 2.69 bits per heavy atom. The number of nitrogens with one attached hydrogen (secondary N) is 2. The van der Waals surface area contributed by atoms with Crippen LogP contribution in [0.5, 0.6) is 5.75 Å². The van der Waals surface area contributed by atoms with E-state index in [1.54, 1.807) is 0 Å². The fraction of sp³-hybridized carbons (Fsp3) is 0.577. The summed E-state index contributed by atoms with van der Waals surface area (Å²) in [7, 11) is 0. The lowest BCUT2D eigenvalue weighted by molar-refractivity contribution is 0.0903. The second-order valence-corrected chi connectivity index (χ2v) is 10.2. The molecule has 10 heteroatoms. The van der Waals surface area contributed by atoms with Crippen molar-refractivity contribution in [2.75, 3.05) is 55.0 Å². The van der Waals surface area contributed by atoms with Gasteiger partial charge in [-0.2, -0.15) is 0 Å². The number of fused-ring (bicyclic) bond motifs is 3. The Balaban J connectivity index is 1.24. The predicted molar refractivity (Wildman–Crippen MR) is 138 cm³/mol. The molecule has 1 aliphatic carbocycles. The molecule has 4 heterocycles. The zero-order valence-corrected chi connectivity index (χ0v) is 20.8. The molecular formula is C26H35N7O3. The van der Waals surface area contributed by atoms with E-state index in [2.05, 4.69) is 31.5 Å². The molecule has 0 bridgehead atoms. The maximum atomic E-state index is 12.3. The quantitative estimate of drug-likeness (QED) is 0.535. The van der Waals surface area contributed by atoms with Crippen molar-refractivity contribution in [3.63, 3.8) is 0 Å². The first-order valence-electron chi connectivity index (χ1n) is 13.2. The van der Waals surface area contributed by atoms with Crippen LogP contribution in [0.2, 0.25) is 0 Å². The fourth-order valence-electron chi connectivity index (χ4n) is 5.50. The third-order valence-corrected chi connectivity index (χ3v) is 7.64. The number of benzene rings is 1. The molecule has 192 valence electrons. The molecule has 6 rings (SSSR count). The summed E-state index contributed by atoms with van der Waals surface area (Å²) in [6.07, 6.45) is 5.12. The van der Waals surface area contributed by atoms with Crippen LogP contribution in [-0.4, -0.2) is 78.4 Å². The first-order valence-corrected chi connectivity index (χ1v) is 13.2. The zero-order chi connectivity index (χ0) is 24.6. The molecule has 3 aliphatic heterocycles. The molecule has 1 aromatic carbocycles. The van der Waals surface area contributed by atoms with Crippen LogP contribution in [-0.2, 0) is 11.2 Å². The van der Waals surface area contributed by atoms with Crippen LogP contribution < -0.4 is 26.0 Å². The number of carbonyl (C=O) groups excluding carboxylic acids is 1. The number of nitrogens with zero attached hydrogens (tertiary/aromatic N) is 4. The molecule has 4 aliphatic rings. The van der Waals surface area contributed by atoms with Crippen molar-refractivity contribution in [1.82, 2.24) is 14.9 Å². The van der Waals surface area contributed by atoms with E-state index in [9.17, 15) is 4.79 Å². The highest BCUT2D eigenvalue weighted by molar-refractivity contribution is 5.96. The molecule has 1 saturated carbocycles. The number of carbonyl (C=O) groups is 1. The standard InChI is InChI=1S/C26H35N7O3/c1-2-20-25(28-16-7-11-35-12-8-16)31-26(23(30-20)24(27)34)29-17-3-6-21-22(13-17)36-15-19-14-32(18-4-5-18)9-10-33(19)21/h3,6,13,16,18-19H,2,4-5,7-12,14-15H2,1H3,(H2,27,34)(H2,28,29,31)/t19-/m1/s1. The monoisotopic (exact) mass is 493 g/mol. The fourth-order valence-corrected chi connectivity index (χ4v) is 5.50. The van der Waals surface area contributed by atoms with Crippen molar-refractivity contribution in [3.05, 3.63) is 29.6 Å². The van der Waals surface area contributed by atoms with Gasteiger partial charge in [0.25, 0.3) is 5.91 Å². The van der Waals surface area contributed by atoms with Crippen LogP contribution in [0.15, 0.2) is 18.2 Å². The first-order chi connectivity index (χ1) is 17.6. The molecule has 1 atom stereocenters. The average molecular weight is 494 g/mol. The van der Waals surface area contributed by atoms with Gasteiger partial charge in [0.15, 0.2) is 17.3 Å². The molecule has 1 amide bonds. The summed E-state index contributed by atoms with van der Waals surface area (Å²) in [5.41, 5.74) is 8.46. The number of primary amides is 1. The molecule has 3 fully saturated rings. The first kappa shape index (κ1) is 23.3. The zero-order valence-electron chi connectivity index (χ0n) is 20.8. The molecule has 0 radical (unpaired) electrons. The van der Waals surface area contributed by atoms with E-state index in [1.165, 1.54) is 12.8 Å². The molecule has 1 aromatic heterocycles. The highest BCUT2D eigenvalue weighted by atomic mass is 16.5.